The van der Waals surface area contributed by atoms with Crippen LogP contribution in [0, 0.1) is 17.5 Å². The summed E-state index contributed by atoms with van der Waals surface area (Å²) >= 11 is 0. The number of carbonyl (C=O) groups is 6. The minimum atomic E-state index is -1.06. The lowest BCUT2D eigenvalue weighted by atomic mass is 9.99. The molecule has 0 fully saturated rings. The van der Waals surface area contributed by atoms with Crippen LogP contribution in [-0.4, -0.2) is 151 Å². The molecule has 6 aromatic heterocycles. The molecule has 0 radical (unpaired) electrons. The van der Waals surface area contributed by atoms with Gasteiger partial charge in [0.15, 0.2) is 17.5 Å². The van der Waals surface area contributed by atoms with Gasteiger partial charge in [0.2, 0.25) is 0 Å². The number of nitrogens with two attached hydrogens (primary N) is 4. The number of aromatic carboxylic acids is 1. The van der Waals surface area contributed by atoms with Crippen molar-refractivity contribution in [3.05, 3.63) is 215 Å². The van der Waals surface area contributed by atoms with E-state index in [9.17, 15) is 41.9 Å². The second-order valence-corrected chi connectivity index (χ2v) is 21.5. The van der Waals surface area contributed by atoms with E-state index in [1.807, 2.05) is 0 Å². The maximum Gasteiger partial charge on any atom is 0.337 e. The highest BCUT2D eigenvalue weighted by Crippen LogP contribution is 2.33. The van der Waals surface area contributed by atoms with Crippen molar-refractivity contribution in [3.63, 3.8) is 0 Å². The number of carboxylic acids is 1. The predicted octanol–water partition coefficient (Wildman–Crippen LogP) is 6.38. The first-order chi connectivity index (χ1) is 46.4. The Balaban J connectivity index is 0.000000175. The molecule has 32 heteroatoms. The fourth-order valence-electron chi connectivity index (χ4n) is 9.20. The van der Waals surface area contributed by atoms with E-state index in [0.29, 0.717) is 66.0 Å². The van der Waals surface area contributed by atoms with Gasteiger partial charge in [0.1, 0.15) is 34.9 Å². The Labute approximate surface area is 556 Å². The second kappa shape index (κ2) is 31.3. The molecule has 5 amide bonds. The smallest absolute Gasteiger partial charge is 0.337 e. The summed E-state index contributed by atoms with van der Waals surface area (Å²) < 4.78 is 55.0. The first-order valence-electron chi connectivity index (χ1n) is 28.8. The molecule has 0 saturated heterocycles. The maximum absolute atomic E-state index is 13.6. The Kier molecular flexibility index (Phi) is 22.6. The minimum Gasteiger partial charge on any atom is -0.478 e. The molecule has 6 aromatic carbocycles. The van der Waals surface area contributed by atoms with E-state index in [-0.39, 0.29) is 104 Å². The van der Waals surface area contributed by atoms with Gasteiger partial charge < -0.3 is 66.9 Å². The Morgan fingerprint density at radius 1 is 0.429 bits per heavy atom. The molecule has 0 aliphatic heterocycles. The number of nitrogens with one attached hydrogen (secondary N) is 2. The highest BCUT2D eigenvalue weighted by molar-refractivity contribution is 6.11. The third-order valence-corrected chi connectivity index (χ3v) is 14.1. The van der Waals surface area contributed by atoms with Crippen LogP contribution in [0.1, 0.15) is 80.6 Å². The van der Waals surface area contributed by atoms with Gasteiger partial charge in [-0.1, -0.05) is 96.7 Å². The van der Waals surface area contributed by atoms with E-state index in [2.05, 4.69) is 60.5 Å². The average Bonchev–Trinajstić information content (AvgIpc) is 0.926. The van der Waals surface area contributed by atoms with Crippen molar-refractivity contribution in [3.8, 4) is 33.4 Å². The first-order valence-corrected chi connectivity index (χ1v) is 28.8. The molecule has 502 valence electrons. The monoisotopic (exact) mass is 1340 g/mol. The van der Waals surface area contributed by atoms with Crippen molar-refractivity contribution >= 4 is 93.7 Å². The molecule has 12 aromatic rings. The normalized spacial score (nSPS) is 10.6. The largest absolute Gasteiger partial charge is 0.478 e. The van der Waals surface area contributed by atoms with Crippen LogP contribution in [0.4, 0.5) is 30.6 Å². The molecule has 0 aliphatic rings. The third kappa shape index (κ3) is 16.9. The van der Waals surface area contributed by atoms with Crippen LogP contribution < -0.4 is 33.6 Å². The van der Waals surface area contributed by atoms with Gasteiger partial charge in [-0.05, 0) is 98.8 Å². The van der Waals surface area contributed by atoms with Gasteiger partial charge in [-0.2, -0.15) is 15.0 Å². The van der Waals surface area contributed by atoms with Gasteiger partial charge in [0, 0.05) is 82.4 Å². The van der Waals surface area contributed by atoms with Crippen molar-refractivity contribution in [1.82, 2.24) is 70.7 Å². The van der Waals surface area contributed by atoms with Gasteiger partial charge in [-0.25, -0.2) is 32.9 Å². The number of aromatic nitrogens is 9. The number of nitrogens with zero attached hydrogens (tertiary/aromatic N) is 12. The second-order valence-electron chi connectivity index (χ2n) is 21.5. The number of anilines is 3. The Bertz CT molecular complexity index is 4770. The van der Waals surface area contributed by atoms with E-state index < -0.39 is 29.6 Å². The fraction of sp³-hybridized carbons (Fsp3) is 0.136. The summed E-state index contributed by atoms with van der Waals surface area (Å²) in [5.74, 6) is -3.09. The number of fused-ring (bicyclic) bond motifs is 3. The van der Waals surface area contributed by atoms with E-state index >= 15 is 0 Å². The number of amides is 5. The van der Waals surface area contributed by atoms with Gasteiger partial charge in [0.05, 0.1) is 36.3 Å². The van der Waals surface area contributed by atoms with E-state index in [1.54, 1.807) is 133 Å². The van der Waals surface area contributed by atoms with Gasteiger partial charge in [-0.15, -0.1) is 0 Å². The lowest BCUT2D eigenvalue weighted by molar-refractivity contribution is 0.0696. The fourth-order valence-corrected chi connectivity index (χ4v) is 9.20. The molecule has 0 aliphatic carbocycles. The quantitative estimate of drug-likeness (QED) is 0.0581. The Morgan fingerprint density at radius 2 is 0.724 bits per heavy atom. The zero-order chi connectivity index (χ0) is 69.8. The SMILES string of the molecule is CN(C)C(=O)c1nc(CN)no1.CN(C)C(=O)c1nc(CNC(=O)c2cnc(N)c3cc(-c4cccc(F)c4)ccc23)no1.CN(C)C(=O)c1nc(CNC(=O)c2cnc(N)c3cc(-c4cccc(F)c4)ccc23)no1.Nc1ncc(C(=O)O)c2ccc(-c3cccc(F)c3)cc12.[BH4-]. The lowest BCUT2D eigenvalue weighted by Crippen LogP contribution is -2.24. The molecule has 0 bridgehead atoms. The molecule has 0 saturated carbocycles. The highest BCUT2D eigenvalue weighted by Gasteiger charge is 2.22. The maximum atomic E-state index is 13.6. The van der Waals surface area contributed by atoms with Crippen LogP contribution >= 0.6 is 0 Å². The molecule has 6 heterocycles. The van der Waals surface area contributed by atoms with Crippen LogP contribution in [0.15, 0.2) is 160 Å². The third-order valence-electron chi connectivity index (χ3n) is 14.1. The van der Waals surface area contributed by atoms with Crippen LogP contribution in [0.5, 0.6) is 0 Å². The van der Waals surface area contributed by atoms with Crippen molar-refractivity contribution in [2.75, 3.05) is 59.5 Å². The molecule has 0 unspecified atom stereocenters. The van der Waals surface area contributed by atoms with Gasteiger partial charge in [-0.3, -0.25) is 24.0 Å². The van der Waals surface area contributed by atoms with Crippen LogP contribution in [0.25, 0.3) is 65.7 Å². The molecular formula is C66H63BF3N18O10-. The van der Waals surface area contributed by atoms with Crippen molar-refractivity contribution in [2.24, 2.45) is 5.73 Å². The number of hydrogen-bond acceptors (Lipinski definition) is 22. The average molecular weight is 1340 g/mol. The van der Waals surface area contributed by atoms with Crippen molar-refractivity contribution < 1.29 is 60.6 Å². The zero-order valence-corrected chi connectivity index (χ0v) is 52.4. The number of rotatable bonds is 14. The Hall–Kier alpha value is -13.0. The van der Waals surface area contributed by atoms with Gasteiger partial charge >= 0.3 is 41.4 Å². The number of benzene rings is 6. The molecule has 11 N–H and O–H groups in total. The van der Waals surface area contributed by atoms with E-state index in [0.717, 1.165) is 16.7 Å². The van der Waals surface area contributed by atoms with E-state index in [1.165, 1.54) is 69.7 Å². The summed E-state index contributed by atoms with van der Waals surface area (Å²) in [7, 11) is 9.46. The van der Waals surface area contributed by atoms with Crippen LogP contribution in [0.2, 0.25) is 0 Å². The summed E-state index contributed by atoms with van der Waals surface area (Å²) in [6.45, 7) is 0.0801. The van der Waals surface area contributed by atoms with E-state index in [4.69, 9.17) is 37.1 Å². The standard InChI is InChI=1S/2C22H19FN6O3.C16H11FN2O2.C6H10N4O2.BH4/c2*1-29(2)22(31)21-27-18(28-32-21)11-26-20(30)17-10-25-19(24)16-9-13(6-7-15(16)17)12-4-3-5-14(23)8-12;17-11-3-1-2-9(6-11)10-4-5-12-13(7-10)15(18)19-8-14(12)16(20)21;1-10(2)6(11)5-8-4(3-7)9-12-5;/h2*3-10H,11H2,1-2H3,(H2,24,25)(H,26,30);1-8H,(H2,18,19)(H,20,21);3,7H2,1-2H3;1H4/q;;;;-1. The first kappa shape index (κ1) is 70.9. The van der Waals surface area contributed by atoms with Crippen molar-refractivity contribution in [2.45, 2.75) is 19.6 Å². The molecule has 12 rings (SSSR count). The van der Waals surface area contributed by atoms with Crippen LogP contribution in [0.3, 0.4) is 0 Å². The lowest BCUT2D eigenvalue weighted by Gasteiger charge is -2.10. The predicted molar refractivity (Wildman–Crippen MR) is 360 cm³/mol. The number of hydrogen-bond donors (Lipinski definition) is 7. The molecule has 28 nitrogen and oxygen atoms in total. The number of pyridine rings is 3. The number of halogens is 3. The summed E-state index contributed by atoms with van der Waals surface area (Å²) in [6.07, 6.45) is 4.00. The highest BCUT2D eigenvalue weighted by atomic mass is 19.1. The Morgan fingerprint density at radius 3 is 1.02 bits per heavy atom. The molecule has 0 atom stereocenters. The summed E-state index contributed by atoms with van der Waals surface area (Å²) in [5.41, 5.74) is 28.1. The number of carbonyl (C=O) groups excluding carboxylic acids is 5. The van der Waals surface area contributed by atoms with Crippen molar-refractivity contribution in [1.29, 1.82) is 0 Å². The molecule has 98 heavy (non-hydrogen) atoms. The topological polar surface area (TPSA) is 416 Å². The van der Waals surface area contributed by atoms with Crippen LogP contribution in [-0.2, 0) is 19.6 Å². The summed E-state index contributed by atoms with van der Waals surface area (Å²) in [4.78, 5) is 99.5. The number of nitrogen functional groups attached to an aromatic ring is 3. The summed E-state index contributed by atoms with van der Waals surface area (Å²) in [6, 6.07) is 34.2. The zero-order valence-electron chi connectivity index (χ0n) is 52.4. The minimum absolute atomic E-state index is 0. The summed E-state index contributed by atoms with van der Waals surface area (Å²) in [5, 5.41) is 28.8. The molecular weight excluding hydrogens is 1270 g/mol. The molecule has 0 spiro atoms. The van der Waals surface area contributed by atoms with Gasteiger partial charge in [0.25, 0.3) is 11.8 Å². The number of carboxylic acid groups (broad SMARTS) is 1.